The van der Waals surface area contributed by atoms with Gasteiger partial charge in [0.25, 0.3) is 5.91 Å². The van der Waals surface area contributed by atoms with Crippen molar-refractivity contribution in [1.82, 2.24) is 4.90 Å². The first-order chi connectivity index (χ1) is 16.5. The lowest BCUT2D eigenvalue weighted by atomic mass is 10.1. The molecule has 0 aromatic heterocycles. The lowest BCUT2D eigenvalue weighted by molar-refractivity contribution is -0.128. The maximum atomic E-state index is 12.5. The number of hydrogen-bond acceptors (Lipinski definition) is 5. The van der Waals surface area contributed by atoms with E-state index in [2.05, 4.69) is 5.32 Å². The second-order valence-electron chi connectivity index (χ2n) is 8.09. The van der Waals surface area contributed by atoms with Crippen LogP contribution in [0.3, 0.4) is 0 Å². The number of para-hydroxylation sites is 1. The molecule has 1 atom stereocenters. The van der Waals surface area contributed by atoms with Gasteiger partial charge in [0.15, 0.2) is 6.10 Å². The maximum absolute atomic E-state index is 12.5. The predicted molar refractivity (Wildman–Crippen MR) is 128 cm³/mol. The number of nitrogens with one attached hydrogen (secondary N) is 1. The number of nitrogens with zero attached hydrogens (tertiary/aromatic N) is 1. The van der Waals surface area contributed by atoms with Crippen LogP contribution in [-0.2, 0) is 20.9 Å². The van der Waals surface area contributed by atoms with E-state index in [1.807, 2.05) is 30.3 Å². The minimum Gasteiger partial charge on any atom is -0.457 e. The third-order valence-electron chi connectivity index (χ3n) is 5.49. The molecule has 1 aliphatic heterocycles. The van der Waals surface area contributed by atoms with Gasteiger partial charge in [-0.15, -0.1) is 0 Å². The van der Waals surface area contributed by atoms with E-state index in [9.17, 15) is 14.4 Å². The van der Waals surface area contributed by atoms with E-state index in [-0.39, 0.29) is 5.91 Å². The molecule has 3 aromatic carbocycles. The fraction of sp³-hybridized carbons (Fsp3) is 0.222. The summed E-state index contributed by atoms with van der Waals surface area (Å²) in [6.07, 6.45) is 0.500. The van der Waals surface area contributed by atoms with E-state index in [0.717, 1.165) is 24.3 Å². The van der Waals surface area contributed by atoms with Gasteiger partial charge >= 0.3 is 5.97 Å². The molecular weight excluding hydrogens is 432 g/mol. The van der Waals surface area contributed by atoms with E-state index in [4.69, 9.17) is 9.47 Å². The summed E-state index contributed by atoms with van der Waals surface area (Å²) in [6.45, 7) is 2.81. The fourth-order valence-electron chi connectivity index (χ4n) is 3.59. The van der Waals surface area contributed by atoms with E-state index in [0.29, 0.717) is 30.0 Å². The average molecular weight is 459 g/mol. The minimum atomic E-state index is -0.977. The number of carbonyl (C=O) groups excluding carboxylic acids is 3. The van der Waals surface area contributed by atoms with E-state index in [1.165, 1.54) is 6.92 Å². The van der Waals surface area contributed by atoms with Crippen LogP contribution in [0.5, 0.6) is 11.5 Å². The van der Waals surface area contributed by atoms with Crippen LogP contribution < -0.4 is 10.1 Å². The van der Waals surface area contributed by atoms with Crippen molar-refractivity contribution in [1.29, 1.82) is 0 Å². The number of rotatable bonds is 8. The standard InChI is InChI=1S/C27H26N2O5/c1-19(26(31)28-22-13-15-24(16-14-22)34-23-6-3-2-4-7-23)33-27(32)21-11-9-20(10-12-21)18-29-17-5-8-25(29)30/h2-4,6-7,9-16,19H,5,8,17-18H2,1H3,(H,28,31). The molecule has 0 saturated carbocycles. The van der Waals surface area contributed by atoms with Crippen molar-refractivity contribution in [2.24, 2.45) is 0 Å². The Kier molecular flexibility index (Phi) is 7.22. The largest absolute Gasteiger partial charge is 0.457 e. The Morgan fingerprint density at radius 2 is 1.62 bits per heavy atom. The zero-order valence-corrected chi connectivity index (χ0v) is 18.9. The van der Waals surface area contributed by atoms with Crippen LogP contribution in [0.2, 0.25) is 0 Å². The van der Waals surface area contributed by atoms with Crippen LogP contribution >= 0.6 is 0 Å². The number of hydrogen-bond donors (Lipinski definition) is 1. The first kappa shape index (κ1) is 23.0. The molecule has 1 fully saturated rings. The normalized spacial score (nSPS) is 13.9. The Hall–Kier alpha value is -4.13. The van der Waals surface area contributed by atoms with Gasteiger partial charge in [-0.1, -0.05) is 30.3 Å². The third-order valence-corrected chi connectivity index (χ3v) is 5.49. The summed E-state index contributed by atoms with van der Waals surface area (Å²) >= 11 is 0. The lowest BCUT2D eigenvalue weighted by Gasteiger charge is -2.16. The quantitative estimate of drug-likeness (QED) is 0.491. The van der Waals surface area contributed by atoms with Gasteiger partial charge in [0.1, 0.15) is 11.5 Å². The molecule has 2 amide bonds. The molecule has 1 unspecified atom stereocenters. The van der Waals surface area contributed by atoms with Crippen LogP contribution in [-0.4, -0.2) is 35.3 Å². The van der Waals surface area contributed by atoms with Gasteiger partial charge in [-0.2, -0.15) is 0 Å². The molecule has 0 spiro atoms. The molecule has 7 heteroatoms. The van der Waals surface area contributed by atoms with Gasteiger partial charge in [-0.3, -0.25) is 9.59 Å². The number of esters is 1. The van der Waals surface area contributed by atoms with Crippen LogP contribution in [0.15, 0.2) is 78.9 Å². The van der Waals surface area contributed by atoms with Crippen molar-refractivity contribution >= 4 is 23.5 Å². The third kappa shape index (κ3) is 6.01. The fourth-order valence-corrected chi connectivity index (χ4v) is 3.59. The van der Waals surface area contributed by atoms with Crippen molar-refractivity contribution in [3.8, 4) is 11.5 Å². The molecule has 1 saturated heterocycles. The molecule has 174 valence electrons. The second kappa shape index (κ2) is 10.7. The van der Waals surface area contributed by atoms with Crippen LogP contribution in [0.25, 0.3) is 0 Å². The molecule has 1 heterocycles. The SMILES string of the molecule is CC(OC(=O)c1ccc(CN2CCCC2=O)cc1)C(=O)Nc1ccc(Oc2ccccc2)cc1. The Bertz CT molecular complexity index is 1140. The summed E-state index contributed by atoms with van der Waals surface area (Å²) in [5.74, 6) is 0.493. The van der Waals surface area contributed by atoms with E-state index in [1.54, 1.807) is 53.4 Å². The number of likely N-dealkylation sites (tertiary alicyclic amines) is 1. The van der Waals surface area contributed by atoms with E-state index < -0.39 is 18.0 Å². The summed E-state index contributed by atoms with van der Waals surface area (Å²) in [5, 5.41) is 2.73. The van der Waals surface area contributed by atoms with Crippen molar-refractivity contribution in [2.75, 3.05) is 11.9 Å². The summed E-state index contributed by atoms with van der Waals surface area (Å²) in [5.41, 5.74) is 1.85. The first-order valence-corrected chi connectivity index (χ1v) is 11.2. The molecule has 0 aliphatic carbocycles. The van der Waals surface area contributed by atoms with Gasteiger partial charge in [-0.25, -0.2) is 4.79 Å². The number of benzene rings is 3. The second-order valence-corrected chi connectivity index (χ2v) is 8.09. The Morgan fingerprint density at radius 1 is 0.941 bits per heavy atom. The molecule has 34 heavy (non-hydrogen) atoms. The molecule has 1 aliphatic rings. The molecule has 0 bridgehead atoms. The van der Waals surface area contributed by atoms with Crippen LogP contribution in [0.4, 0.5) is 5.69 Å². The number of amides is 2. The van der Waals surface area contributed by atoms with Gasteiger partial charge in [0, 0.05) is 25.2 Å². The monoisotopic (exact) mass is 458 g/mol. The van der Waals surface area contributed by atoms with Crippen molar-refractivity contribution < 1.29 is 23.9 Å². The number of ether oxygens (including phenoxy) is 2. The van der Waals surface area contributed by atoms with Gasteiger partial charge < -0.3 is 19.7 Å². The highest BCUT2D eigenvalue weighted by atomic mass is 16.5. The summed E-state index contributed by atoms with van der Waals surface area (Å²) < 4.78 is 11.1. The predicted octanol–water partition coefficient (Wildman–Crippen LogP) is 4.79. The number of anilines is 1. The van der Waals surface area contributed by atoms with Gasteiger partial charge in [0.2, 0.25) is 5.91 Å². The lowest BCUT2D eigenvalue weighted by Crippen LogP contribution is -2.30. The molecule has 1 N–H and O–H groups in total. The average Bonchev–Trinajstić information content (AvgIpc) is 3.25. The van der Waals surface area contributed by atoms with Gasteiger partial charge in [-0.05, 0) is 67.4 Å². The van der Waals surface area contributed by atoms with Crippen LogP contribution in [0, 0.1) is 0 Å². The van der Waals surface area contributed by atoms with E-state index >= 15 is 0 Å². The van der Waals surface area contributed by atoms with Crippen LogP contribution in [0.1, 0.15) is 35.7 Å². The smallest absolute Gasteiger partial charge is 0.338 e. The molecule has 4 rings (SSSR count). The van der Waals surface area contributed by atoms with Crippen molar-refractivity contribution in [3.05, 3.63) is 90.0 Å². The summed E-state index contributed by atoms with van der Waals surface area (Å²) in [7, 11) is 0. The Balaban J connectivity index is 1.27. The summed E-state index contributed by atoms with van der Waals surface area (Å²) in [4.78, 5) is 38.5. The minimum absolute atomic E-state index is 0.154. The van der Waals surface area contributed by atoms with Crippen molar-refractivity contribution in [3.63, 3.8) is 0 Å². The highest BCUT2D eigenvalue weighted by Gasteiger charge is 2.21. The number of carbonyl (C=O) groups is 3. The zero-order chi connectivity index (χ0) is 23.9. The Labute approximate surface area is 198 Å². The topological polar surface area (TPSA) is 84.9 Å². The first-order valence-electron chi connectivity index (χ1n) is 11.2. The molecule has 7 nitrogen and oxygen atoms in total. The highest BCUT2D eigenvalue weighted by molar-refractivity contribution is 5.97. The molecular formula is C27H26N2O5. The maximum Gasteiger partial charge on any atom is 0.338 e. The summed E-state index contributed by atoms with van der Waals surface area (Å²) in [6, 6.07) is 23.2. The highest BCUT2D eigenvalue weighted by Crippen LogP contribution is 2.23. The van der Waals surface area contributed by atoms with Gasteiger partial charge in [0.05, 0.1) is 5.56 Å². The zero-order valence-electron chi connectivity index (χ0n) is 18.9. The molecule has 3 aromatic rings. The molecule has 0 radical (unpaired) electrons. The van der Waals surface area contributed by atoms with Crippen molar-refractivity contribution in [2.45, 2.75) is 32.4 Å². The Morgan fingerprint density at radius 3 is 2.26 bits per heavy atom.